The molecule has 0 saturated carbocycles. The summed E-state index contributed by atoms with van der Waals surface area (Å²) in [6, 6.07) is 4.72. The molecule has 0 saturated heterocycles. The van der Waals surface area contributed by atoms with E-state index in [9.17, 15) is 5.11 Å². The lowest BCUT2D eigenvalue weighted by Crippen LogP contribution is -1.98. The molecule has 0 aliphatic rings. The Hall–Kier alpha value is -1.22. The third kappa shape index (κ3) is 1.68. The molecule has 0 unspecified atom stereocenters. The molecule has 4 heteroatoms. The Morgan fingerprint density at radius 2 is 2.25 bits per heavy atom. The number of benzene rings is 1. The largest absolute Gasteiger partial charge is 0.507 e. The highest BCUT2D eigenvalue weighted by molar-refractivity contribution is 6.31. The molecule has 0 amide bonds. The number of phenolic OH excluding ortho intramolecular Hbond substituents is 1. The summed E-state index contributed by atoms with van der Waals surface area (Å²) in [5, 5.41) is 13.3. The first kappa shape index (κ1) is 8.87. The summed E-state index contributed by atoms with van der Waals surface area (Å²) in [4.78, 5) is 0. The number of aromatic hydroxyl groups is 1. The smallest absolute Gasteiger partial charge is 0.124 e. The molecule has 0 atom stereocenters. The van der Waals surface area contributed by atoms with E-state index in [-0.39, 0.29) is 5.75 Å². The second kappa shape index (κ2) is 3.45. The van der Waals surface area contributed by atoms with Crippen LogP contribution in [0.25, 0.3) is 0 Å². The van der Waals surface area contributed by atoms with Crippen molar-refractivity contribution in [2.75, 3.05) is 0 Å². The number of nitrogens with zero attached hydrogens (tertiary/aromatic N) is 1. The van der Waals surface area contributed by atoms with Crippen LogP contribution in [0.2, 0.25) is 5.02 Å². The molecule has 0 aliphatic carbocycles. The minimum Gasteiger partial charge on any atom is -0.507 e. The summed E-state index contributed by atoms with van der Waals surface area (Å²) in [5.41, 5.74) is 1.11. The minimum atomic E-state index is 0.131. The van der Waals surface area contributed by atoms with Crippen molar-refractivity contribution in [2.45, 2.75) is 6.92 Å². The SMILES string of the molecule is C/C(=N\N)c1cc(Cl)ccc1O. The number of nitrogens with two attached hydrogens (primary N) is 1. The van der Waals surface area contributed by atoms with E-state index in [1.165, 1.54) is 6.07 Å². The van der Waals surface area contributed by atoms with Crippen molar-refractivity contribution in [3.8, 4) is 5.75 Å². The van der Waals surface area contributed by atoms with E-state index in [4.69, 9.17) is 17.4 Å². The molecule has 1 aromatic rings. The molecule has 0 radical (unpaired) electrons. The minimum absolute atomic E-state index is 0.131. The molecule has 0 bridgehead atoms. The molecule has 3 nitrogen and oxygen atoms in total. The number of hydrazone groups is 1. The van der Waals surface area contributed by atoms with Gasteiger partial charge in [0.15, 0.2) is 0 Å². The summed E-state index contributed by atoms with van der Waals surface area (Å²) in [7, 11) is 0. The van der Waals surface area contributed by atoms with Crippen LogP contribution < -0.4 is 5.84 Å². The molecule has 0 aliphatic heterocycles. The fraction of sp³-hybridized carbons (Fsp3) is 0.125. The lowest BCUT2D eigenvalue weighted by molar-refractivity contribution is 0.474. The first-order valence-corrected chi connectivity index (χ1v) is 3.76. The molecule has 1 rings (SSSR count). The van der Waals surface area contributed by atoms with E-state index in [0.717, 1.165) is 0 Å². The average molecular weight is 185 g/mol. The highest BCUT2D eigenvalue weighted by atomic mass is 35.5. The fourth-order valence-electron chi connectivity index (χ4n) is 0.868. The topological polar surface area (TPSA) is 58.6 Å². The number of hydrogen-bond acceptors (Lipinski definition) is 3. The molecule has 0 aromatic heterocycles. The lowest BCUT2D eigenvalue weighted by atomic mass is 10.1. The van der Waals surface area contributed by atoms with Gasteiger partial charge in [0.1, 0.15) is 5.75 Å². The Kier molecular flexibility index (Phi) is 2.55. The standard InChI is InChI=1S/C8H9ClN2O/c1-5(11-10)7-4-6(9)2-3-8(7)12/h2-4,12H,10H2,1H3/b11-5+. The average Bonchev–Trinajstić information content (AvgIpc) is 2.08. The van der Waals surface area contributed by atoms with Crippen LogP contribution in [0.3, 0.4) is 0 Å². The molecular weight excluding hydrogens is 176 g/mol. The van der Waals surface area contributed by atoms with Gasteiger partial charge in [-0.25, -0.2) is 0 Å². The van der Waals surface area contributed by atoms with E-state index >= 15 is 0 Å². The van der Waals surface area contributed by atoms with Gasteiger partial charge in [-0.15, -0.1) is 0 Å². The van der Waals surface area contributed by atoms with Gasteiger partial charge < -0.3 is 10.9 Å². The van der Waals surface area contributed by atoms with Gasteiger partial charge in [0.05, 0.1) is 5.71 Å². The van der Waals surface area contributed by atoms with Gasteiger partial charge in [0.2, 0.25) is 0 Å². The second-order valence-electron chi connectivity index (χ2n) is 2.38. The summed E-state index contributed by atoms with van der Waals surface area (Å²) in [6.45, 7) is 1.70. The quantitative estimate of drug-likeness (QED) is 0.397. The van der Waals surface area contributed by atoms with Crippen LogP contribution >= 0.6 is 11.6 Å². The second-order valence-corrected chi connectivity index (χ2v) is 2.81. The van der Waals surface area contributed by atoms with Gasteiger partial charge in [-0.2, -0.15) is 5.10 Å². The number of rotatable bonds is 1. The maximum Gasteiger partial charge on any atom is 0.124 e. The van der Waals surface area contributed by atoms with Crippen LogP contribution in [0.4, 0.5) is 0 Å². The summed E-state index contributed by atoms with van der Waals surface area (Å²) in [6.07, 6.45) is 0. The van der Waals surface area contributed by atoms with Crippen LogP contribution in [-0.2, 0) is 0 Å². The van der Waals surface area contributed by atoms with Crippen molar-refractivity contribution in [3.05, 3.63) is 28.8 Å². The summed E-state index contributed by atoms with van der Waals surface area (Å²) in [5.74, 6) is 5.19. The van der Waals surface area contributed by atoms with Crippen molar-refractivity contribution in [3.63, 3.8) is 0 Å². The van der Waals surface area contributed by atoms with Crippen LogP contribution in [0.1, 0.15) is 12.5 Å². The number of phenols is 1. The van der Waals surface area contributed by atoms with Gasteiger partial charge in [-0.05, 0) is 25.1 Å². The normalized spacial score (nSPS) is 11.7. The van der Waals surface area contributed by atoms with Gasteiger partial charge in [0, 0.05) is 10.6 Å². The van der Waals surface area contributed by atoms with Crippen LogP contribution in [0.15, 0.2) is 23.3 Å². The van der Waals surface area contributed by atoms with Crippen molar-refractivity contribution < 1.29 is 5.11 Å². The van der Waals surface area contributed by atoms with Gasteiger partial charge in [0.25, 0.3) is 0 Å². The molecule has 64 valence electrons. The van der Waals surface area contributed by atoms with Gasteiger partial charge in [-0.1, -0.05) is 11.6 Å². The molecule has 0 spiro atoms. The van der Waals surface area contributed by atoms with E-state index in [0.29, 0.717) is 16.3 Å². The lowest BCUT2D eigenvalue weighted by Gasteiger charge is -2.02. The molecular formula is C8H9ClN2O. The Morgan fingerprint density at radius 1 is 1.58 bits per heavy atom. The van der Waals surface area contributed by atoms with Crippen LogP contribution in [0, 0.1) is 0 Å². The van der Waals surface area contributed by atoms with E-state index < -0.39 is 0 Å². The third-order valence-electron chi connectivity index (χ3n) is 1.54. The molecule has 12 heavy (non-hydrogen) atoms. The zero-order valence-corrected chi connectivity index (χ0v) is 7.34. The van der Waals surface area contributed by atoms with Crippen LogP contribution in [0.5, 0.6) is 5.75 Å². The molecule has 0 fully saturated rings. The molecule has 1 aromatic carbocycles. The van der Waals surface area contributed by atoms with Crippen LogP contribution in [-0.4, -0.2) is 10.8 Å². The fourth-order valence-corrected chi connectivity index (χ4v) is 1.04. The van der Waals surface area contributed by atoms with E-state index in [1.807, 2.05) is 0 Å². The van der Waals surface area contributed by atoms with E-state index in [2.05, 4.69) is 5.10 Å². The summed E-state index contributed by atoms with van der Waals surface area (Å²) < 4.78 is 0. The van der Waals surface area contributed by atoms with Crippen molar-refractivity contribution >= 4 is 17.3 Å². The zero-order chi connectivity index (χ0) is 9.14. The zero-order valence-electron chi connectivity index (χ0n) is 6.58. The highest BCUT2D eigenvalue weighted by Crippen LogP contribution is 2.21. The van der Waals surface area contributed by atoms with Crippen molar-refractivity contribution in [2.24, 2.45) is 10.9 Å². The maximum absolute atomic E-state index is 9.34. The Labute approximate surface area is 75.5 Å². The number of halogens is 1. The first-order valence-electron chi connectivity index (χ1n) is 3.38. The van der Waals surface area contributed by atoms with Crippen molar-refractivity contribution in [1.29, 1.82) is 0 Å². The van der Waals surface area contributed by atoms with Crippen molar-refractivity contribution in [1.82, 2.24) is 0 Å². The Morgan fingerprint density at radius 3 is 2.83 bits per heavy atom. The Balaban J connectivity index is 3.23. The van der Waals surface area contributed by atoms with E-state index in [1.54, 1.807) is 19.1 Å². The highest BCUT2D eigenvalue weighted by Gasteiger charge is 2.04. The molecule has 0 heterocycles. The first-order chi connectivity index (χ1) is 5.65. The number of hydrogen-bond donors (Lipinski definition) is 2. The Bertz CT molecular complexity index is 323. The predicted octanol–water partition coefficient (Wildman–Crippen LogP) is 1.73. The monoisotopic (exact) mass is 184 g/mol. The van der Waals surface area contributed by atoms with Gasteiger partial charge >= 0.3 is 0 Å². The predicted molar refractivity (Wildman–Crippen MR) is 49.5 cm³/mol. The summed E-state index contributed by atoms with van der Waals surface area (Å²) >= 11 is 5.71. The third-order valence-corrected chi connectivity index (χ3v) is 1.78. The molecule has 3 N–H and O–H groups in total. The maximum atomic E-state index is 9.34. The van der Waals surface area contributed by atoms with Gasteiger partial charge in [-0.3, -0.25) is 0 Å².